The summed E-state index contributed by atoms with van der Waals surface area (Å²) in [4.78, 5) is 25.3. The van der Waals surface area contributed by atoms with Crippen LogP contribution in [0.1, 0.15) is 16.7 Å². The maximum atomic E-state index is 11.8. The predicted molar refractivity (Wildman–Crippen MR) is 98.2 cm³/mol. The average molecular weight is 358 g/mol. The lowest BCUT2D eigenvalue weighted by Gasteiger charge is -2.03. The van der Waals surface area contributed by atoms with Gasteiger partial charge in [0.1, 0.15) is 5.56 Å². The summed E-state index contributed by atoms with van der Waals surface area (Å²) in [7, 11) is 0. The van der Waals surface area contributed by atoms with Crippen molar-refractivity contribution in [3.8, 4) is 17.1 Å². The average Bonchev–Trinajstić information content (AvgIpc) is 2.94. The topological polar surface area (TPSA) is 94.1 Å². The number of aromatic nitrogens is 3. The van der Waals surface area contributed by atoms with Gasteiger partial charge in [-0.2, -0.15) is 0 Å². The fourth-order valence-electron chi connectivity index (χ4n) is 2.27. The van der Waals surface area contributed by atoms with Crippen molar-refractivity contribution in [3.63, 3.8) is 0 Å². The van der Waals surface area contributed by atoms with Crippen LogP contribution < -0.4 is 5.56 Å². The molecule has 24 heavy (non-hydrogen) atoms. The predicted octanol–water partition coefficient (Wildman–Crippen LogP) is 3.63. The smallest absolute Gasteiger partial charge is 0.264 e. The molecule has 0 saturated heterocycles. The molecule has 0 bridgehead atoms. The van der Waals surface area contributed by atoms with Crippen LogP contribution in [-0.2, 0) is 0 Å². The van der Waals surface area contributed by atoms with Crippen molar-refractivity contribution in [1.82, 2.24) is 15.0 Å². The van der Waals surface area contributed by atoms with Gasteiger partial charge in [-0.25, -0.2) is 9.98 Å². The molecule has 122 valence electrons. The van der Waals surface area contributed by atoms with Crippen LogP contribution in [-0.4, -0.2) is 26.3 Å². The van der Waals surface area contributed by atoms with Crippen molar-refractivity contribution in [3.05, 3.63) is 55.4 Å². The molecule has 0 atom stereocenters. The number of hydrogen-bond acceptors (Lipinski definition) is 6. The molecule has 3 aromatic rings. The Morgan fingerprint density at radius 3 is 2.83 bits per heavy atom. The van der Waals surface area contributed by atoms with Gasteiger partial charge in [-0.3, -0.25) is 9.78 Å². The number of aromatic hydroxyl groups is 1. The van der Waals surface area contributed by atoms with Gasteiger partial charge in [-0.05, 0) is 31.6 Å². The Morgan fingerprint density at radius 1 is 1.33 bits per heavy atom. The molecule has 0 unspecified atom stereocenters. The first-order valence-electron chi connectivity index (χ1n) is 7.07. The highest BCUT2D eigenvalue weighted by Gasteiger charge is 2.08. The lowest BCUT2D eigenvalue weighted by atomic mass is 10.0. The number of aliphatic imine (C=N–C) groups is 1. The molecule has 3 N–H and O–H groups in total. The summed E-state index contributed by atoms with van der Waals surface area (Å²) in [5.41, 5.74) is 3.71. The van der Waals surface area contributed by atoms with Crippen LogP contribution in [0, 0.1) is 18.6 Å². The van der Waals surface area contributed by atoms with Crippen molar-refractivity contribution in [1.29, 1.82) is 0 Å². The zero-order valence-corrected chi connectivity index (χ0v) is 14.6. The Kier molecular flexibility index (Phi) is 4.41. The van der Waals surface area contributed by atoms with Crippen LogP contribution >= 0.6 is 23.6 Å². The Morgan fingerprint density at radius 2 is 2.12 bits per heavy atom. The van der Waals surface area contributed by atoms with E-state index in [1.807, 2.05) is 31.4 Å². The molecular formula is C16H14N4O2S2. The molecule has 0 aliphatic rings. The Bertz CT molecular complexity index is 1050. The summed E-state index contributed by atoms with van der Waals surface area (Å²) in [5.74, 6) is -0.321. The number of nitrogens with one attached hydrogen (secondary N) is 2. The first-order valence-corrected chi connectivity index (χ1v) is 8.35. The molecule has 2 heterocycles. The second kappa shape index (κ2) is 6.50. The highest BCUT2D eigenvalue weighted by atomic mass is 32.1. The third kappa shape index (κ3) is 3.34. The van der Waals surface area contributed by atoms with Gasteiger partial charge in [0, 0.05) is 17.2 Å². The van der Waals surface area contributed by atoms with E-state index in [9.17, 15) is 9.90 Å². The molecule has 3 rings (SSSR count). The highest BCUT2D eigenvalue weighted by Crippen LogP contribution is 2.29. The molecule has 2 aromatic heterocycles. The quantitative estimate of drug-likeness (QED) is 0.492. The highest BCUT2D eigenvalue weighted by molar-refractivity contribution is 7.71. The lowest BCUT2D eigenvalue weighted by Crippen LogP contribution is -2.13. The number of thiazole rings is 1. The summed E-state index contributed by atoms with van der Waals surface area (Å²) in [5, 5.41) is 12.1. The van der Waals surface area contributed by atoms with E-state index >= 15 is 0 Å². The molecule has 8 heteroatoms. The van der Waals surface area contributed by atoms with E-state index in [2.05, 4.69) is 26.0 Å². The van der Waals surface area contributed by atoms with E-state index in [1.54, 1.807) is 0 Å². The van der Waals surface area contributed by atoms with Crippen molar-refractivity contribution in [2.75, 3.05) is 0 Å². The van der Waals surface area contributed by atoms with Gasteiger partial charge in [0.25, 0.3) is 5.56 Å². The largest absolute Gasteiger partial charge is 0.494 e. The fraction of sp³-hybridized carbons (Fsp3) is 0.125. The Balaban J connectivity index is 1.92. The minimum Gasteiger partial charge on any atom is -0.494 e. The van der Waals surface area contributed by atoms with E-state index in [4.69, 9.17) is 12.2 Å². The Hall–Kier alpha value is -2.58. The molecule has 0 amide bonds. The third-order valence-corrected chi connectivity index (χ3v) is 4.37. The number of aromatic amines is 2. The molecule has 0 aliphatic carbocycles. The number of H-pyrrole nitrogens is 2. The summed E-state index contributed by atoms with van der Waals surface area (Å²) >= 11 is 6.13. The van der Waals surface area contributed by atoms with Crippen molar-refractivity contribution >= 4 is 34.9 Å². The molecule has 1 aromatic carbocycles. The van der Waals surface area contributed by atoms with E-state index in [0.717, 1.165) is 16.8 Å². The molecular weight excluding hydrogens is 344 g/mol. The molecule has 0 saturated carbocycles. The summed E-state index contributed by atoms with van der Waals surface area (Å²) < 4.78 is 0.0565. The molecule has 0 fully saturated rings. The van der Waals surface area contributed by atoms with Crippen LogP contribution in [0.3, 0.4) is 0 Å². The van der Waals surface area contributed by atoms with Crippen LogP contribution in [0.5, 0.6) is 5.88 Å². The summed E-state index contributed by atoms with van der Waals surface area (Å²) in [6.45, 7) is 4.08. The van der Waals surface area contributed by atoms with Gasteiger partial charge in [-0.1, -0.05) is 23.8 Å². The minimum absolute atomic E-state index is 0.00636. The first-order chi connectivity index (χ1) is 11.4. The Labute approximate surface area is 146 Å². The molecule has 6 nitrogen and oxygen atoms in total. The van der Waals surface area contributed by atoms with Gasteiger partial charge in [0.15, 0.2) is 4.77 Å². The second-order valence-electron chi connectivity index (χ2n) is 5.26. The van der Waals surface area contributed by atoms with Gasteiger partial charge in [0.2, 0.25) is 11.0 Å². The van der Waals surface area contributed by atoms with Crippen LogP contribution in [0.15, 0.2) is 33.4 Å². The number of aryl methyl sites for hydroxylation is 2. The number of benzene rings is 1. The van der Waals surface area contributed by atoms with E-state index < -0.39 is 5.56 Å². The first kappa shape index (κ1) is 16.3. The molecule has 0 radical (unpaired) electrons. The normalized spacial score (nSPS) is 11.2. The maximum Gasteiger partial charge on any atom is 0.264 e. The zero-order chi connectivity index (χ0) is 17.3. The lowest BCUT2D eigenvalue weighted by molar-refractivity contribution is 0.449. The van der Waals surface area contributed by atoms with E-state index in [1.165, 1.54) is 23.1 Å². The minimum atomic E-state index is -0.508. The maximum absolute atomic E-state index is 11.8. The van der Waals surface area contributed by atoms with Crippen molar-refractivity contribution < 1.29 is 5.11 Å². The van der Waals surface area contributed by atoms with Crippen molar-refractivity contribution in [2.24, 2.45) is 4.99 Å². The number of nitrogens with zero attached hydrogens (tertiary/aromatic N) is 2. The van der Waals surface area contributed by atoms with Crippen LogP contribution in [0.25, 0.3) is 11.3 Å². The van der Waals surface area contributed by atoms with E-state index in [-0.39, 0.29) is 16.2 Å². The van der Waals surface area contributed by atoms with Crippen LogP contribution in [0.4, 0.5) is 5.13 Å². The molecule has 0 spiro atoms. The summed E-state index contributed by atoms with van der Waals surface area (Å²) in [6, 6.07) is 6.16. The SMILES string of the molecule is Cc1ccc(-c2csc(/N=C/c3c(O)[nH]c(=S)[nH]c3=O)n2)c(C)c1. The van der Waals surface area contributed by atoms with Gasteiger partial charge < -0.3 is 10.1 Å². The second-order valence-corrected chi connectivity index (χ2v) is 6.51. The monoisotopic (exact) mass is 358 g/mol. The van der Waals surface area contributed by atoms with Crippen LogP contribution in [0.2, 0.25) is 0 Å². The van der Waals surface area contributed by atoms with E-state index in [0.29, 0.717) is 5.13 Å². The van der Waals surface area contributed by atoms with Gasteiger partial charge in [0.05, 0.1) is 5.69 Å². The van der Waals surface area contributed by atoms with Crippen molar-refractivity contribution in [2.45, 2.75) is 13.8 Å². The standard InChI is InChI=1S/C16H14N4O2S2/c1-8-3-4-10(9(2)5-8)12-7-24-16(18-12)17-6-11-13(21)19-15(23)20-14(11)22/h3-7H,1-2H3,(H3,19,20,21,22,23)/b17-6+. The molecule has 0 aliphatic heterocycles. The van der Waals surface area contributed by atoms with Gasteiger partial charge >= 0.3 is 0 Å². The number of hydrogen-bond donors (Lipinski definition) is 3. The third-order valence-electron chi connectivity index (χ3n) is 3.41. The number of rotatable bonds is 3. The fourth-order valence-corrected chi connectivity index (χ4v) is 3.12. The van der Waals surface area contributed by atoms with Gasteiger partial charge in [-0.15, -0.1) is 11.3 Å². The summed E-state index contributed by atoms with van der Waals surface area (Å²) in [6.07, 6.45) is 1.27. The zero-order valence-electron chi connectivity index (χ0n) is 13.0.